The smallest absolute Gasteiger partial charge is 0.0811 e. The van der Waals surface area contributed by atoms with E-state index in [9.17, 15) is 15.3 Å². The second-order valence-corrected chi connectivity index (χ2v) is 11.7. The summed E-state index contributed by atoms with van der Waals surface area (Å²) < 4.78 is 0. The highest BCUT2D eigenvalue weighted by atomic mass is 16.3. The lowest BCUT2D eigenvalue weighted by molar-refractivity contribution is 0.0650. The first-order valence-electron chi connectivity index (χ1n) is 12.7. The van der Waals surface area contributed by atoms with Crippen molar-refractivity contribution in [2.24, 2.45) is 23.2 Å². The van der Waals surface area contributed by atoms with Crippen molar-refractivity contribution in [3.05, 3.63) is 35.5 Å². The van der Waals surface area contributed by atoms with Gasteiger partial charge in [0.15, 0.2) is 0 Å². The van der Waals surface area contributed by atoms with E-state index in [4.69, 9.17) is 0 Å². The minimum absolute atomic E-state index is 0.390. The minimum atomic E-state index is -0.613. The van der Waals surface area contributed by atoms with Crippen molar-refractivity contribution in [3.8, 4) is 0 Å². The molecule has 3 nitrogen and oxygen atoms in total. The molecule has 3 fully saturated rings. The predicted molar refractivity (Wildman–Crippen MR) is 129 cm³/mol. The Bertz CT molecular complexity index is 698. The molecule has 0 aromatic carbocycles. The van der Waals surface area contributed by atoms with Crippen molar-refractivity contribution in [3.63, 3.8) is 0 Å². The molecule has 0 unspecified atom stereocenters. The van der Waals surface area contributed by atoms with E-state index in [1.54, 1.807) is 5.57 Å². The largest absolute Gasteiger partial charge is 0.393 e. The van der Waals surface area contributed by atoms with Crippen molar-refractivity contribution in [2.45, 2.75) is 116 Å². The van der Waals surface area contributed by atoms with E-state index in [0.29, 0.717) is 24.2 Å². The predicted octanol–water partition coefficient (Wildman–Crippen LogP) is 6.09. The molecule has 31 heavy (non-hydrogen) atoms. The maximum atomic E-state index is 10.1. The summed E-state index contributed by atoms with van der Waals surface area (Å²) in [6.07, 6.45) is 15.2. The molecular formula is C28H46O3. The third kappa shape index (κ3) is 5.92. The summed E-state index contributed by atoms with van der Waals surface area (Å²) in [4.78, 5) is 0. The molecule has 0 saturated heterocycles. The van der Waals surface area contributed by atoms with Crippen LogP contribution in [-0.4, -0.2) is 33.1 Å². The van der Waals surface area contributed by atoms with Gasteiger partial charge in [-0.25, -0.2) is 0 Å². The van der Waals surface area contributed by atoms with Crippen LogP contribution in [0.1, 0.15) is 98.3 Å². The zero-order valence-electron chi connectivity index (χ0n) is 20.4. The summed E-state index contributed by atoms with van der Waals surface area (Å²) in [6, 6.07) is 0. The van der Waals surface area contributed by atoms with Crippen molar-refractivity contribution in [2.75, 3.05) is 0 Å². The molecule has 0 bridgehead atoms. The lowest BCUT2D eigenvalue weighted by Gasteiger charge is -2.44. The second kappa shape index (κ2) is 9.93. The van der Waals surface area contributed by atoms with E-state index in [0.717, 1.165) is 35.8 Å². The number of allylic oxidation sites excluding steroid dienone is 3. The van der Waals surface area contributed by atoms with Gasteiger partial charge in [0, 0.05) is 6.42 Å². The monoisotopic (exact) mass is 430 g/mol. The quantitative estimate of drug-likeness (QED) is 0.428. The van der Waals surface area contributed by atoms with Crippen molar-refractivity contribution < 1.29 is 15.3 Å². The Morgan fingerprint density at radius 1 is 1.19 bits per heavy atom. The highest BCUT2D eigenvalue weighted by Gasteiger charge is 2.50. The number of rotatable bonds is 7. The Kier molecular flexibility index (Phi) is 7.92. The summed E-state index contributed by atoms with van der Waals surface area (Å²) >= 11 is 0. The summed E-state index contributed by atoms with van der Waals surface area (Å²) in [5.41, 5.74) is 3.22. The van der Waals surface area contributed by atoms with E-state index in [1.165, 1.54) is 44.9 Å². The van der Waals surface area contributed by atoms with E-state index in [2.05, 4.69) is 32.6 Å². The van der Waals surface area contributed by atoms with Crippen LogP contribution in [0.15, 0.2) is 35.5 Å². The molecule has 6 atom stereocenters. The number of fused-ring (bicyclic) bond motifs is 1. The number of hydrogen-bond acceptors (Lipinski definition) is 3. The summed E-state index contributed by atoms with van der Waals surface area (Å²) in [5.74, 6) is 2.18. The third-order valence-electron chi connectivity index (χ3n) is 8.69. The fourth-order valence-corrected chi connectivity index (χ4v) is 6.90. The van der Waals surface area contributed by atoms with Gasteiger partial charge in [0.25, 0.3) is 0 Å². The summed E-state index contributed by atoms with van der Waals surface area (Å²) in [7, 11) is 0. The zero-order valence-corrected chi connectivity index (χ0v) is 20.4. The summed E-state index contributed by atoms with van der Waals surface area (Å²) in [5, 5.41) is 30.2. The number of aliphatic hydroxyl groups excluding tert-OH is 2. The van der Waals surface area contributed by atoms with Gasteiger partial charge < -0.3 is 15.3 Å². The van der Waals surface area contributed by atoms with Gasteiger partial charge in [-0.05, 0) is 93.1 Å². The molecule has 176 valence electrons. The standard InChI is InChI=1S/C28H46O3/c1-19(9-6-7-15-27(3,4)31)24-13-14-25-21(10-8-16-28(24,25)5)11-12-22-17-23(29)18-26(30)20(22)2/h11-12,19,23-26,29-31H,2,6-10,13-18H2,1,3-5H3/b21-11+,22-12+/t19-,23+,24+,25-,26-,28+/m0/s1. The van der Waals surface area contributed by atoms with E-state index in [-0.39, 0.29) is 0 Å². The fourth-order valence-electron chi connectivity index (χ4n) is 6.90. The molecular weight excluding hydrogens is 384 g/mol. The number of unbranched alkanes of at least 4 members (excludes halogenated alkanes) is 1. The van der Waals surface area contributed by atoms with Crippen LogP contribution in [0.2, 0.25) is 0 Å². The molecule has 3 aliphatic rings. The Morgan fingerprint density at radius 2 is 1.94 bits per heavy atom. The third-order valence-corrected chi connectivity index (χ3v) is 8.69. The Balaban J connectivity index is 1.66. The van der Waals surface area contributed by atoms with Crippen LogP contribution in [0.3, 0.4) is 0 Å². The van der Waals surface area contributed by atoms with Crippen LogP contribution in [-0.2, 0) is 0 Å². The van der Waals surface area contributed by atoms with Crippen LogP contribution in [0, 0.1) is 23.2 Å². The maximum absolute atomic E-state index is 10.1. The lowest BCUT2D eigenvalue weighted by atomic mass is 9.60. The van der Waals surface area contributed by atoms with Gasteiger partial charge in [0.1, 0.15) is 0 Å². The van der Waals surface area contributed by atoms with Crippen LogP contribution in [0.4, 0.5) is 0 Å². The number of hydrogen-bond donors (Lipinski definition) is 3. The first kappa shape index (κ1) is 24.7. The Hall–Kier alpha value is -0.900. The molecule has 0 spiro atoms. The highest BCUT2D eigenvalue weighted by molar-refractivity contribution is 5.38. The maximum Gasteiger partial charge on any atom is 0.0811 e. The Labute approximate surface area is 190 Å². The normalized spacial score (nSPS) is 38.0. The molecule has 3 saturated carbocycles. The molecule has 3 aliphatic carbocycles. The van der Waals surface area contributed by atoms with Gasteiger partial charge in [-0.2, -0.15) is 0 Å². The minimum Gasteiger partial charge on any atom is -0.393 e. The molecule has 3 N–H and O–H groups in total. The first-order chi connectivity index (χ1) is 14.5. The lowest BCUT2D eigenvalue weighted by Crippen LogP contribution is -2.36. The van der Waals surface area contributed by atoms with Crippen LogP contribution in [0.25, 0.3) is 0 Å². The first-order valence-corrected chi connectivity index (χ1v) is 12.7. The van der Waals surface area contributed by atoms with Gasteiger partial charge in [-0.3, -0.25) is 0 Å². The molecule has 0 heterocycles. The SMILES string of the molecule is C=C1/C(=C/C=C2\CCC[C@]3(C)[C@@H]([C@@H](C)CCCCC(C)(C)O)CC[C@@H]23)C[C@@H](O)C[C@@H]1O. The topological polar surface area (TPSA) is 60.7 Å². The van der Waals surface area contributed by atoms with Crippen LogP contribution < -0.4 is 0 Å². The average Bonchev–Trinajstić information content (AvgIpc) is 3.03. The second-order valence-electron chi connectivity index (χ2n) is 11.7. The van der Waals surface area contributed by atoms with Crippen molar-refractivity contribution in [1.29, 1.82) is 0 Å². The van der Waals surface area contributed by atoms with Crippen LogP contribution >= 0.6 is 0 Å². The fraction of sp³-hybridized carbons (Fsp3) is 0.786. The molecule has 0 amide bonds. The molecule has 0 radical (unpaired) electrons. The zero-order chi connectivity index (χ0) is 22.8. The van der Waals surface area contributed by atoms with Gasteiger partial charge >= 0.3 is 0 Å². The van der Waals surface area contributed by atoms with Gasteiger partial charge in [0.2, 0.25) is 0 Å². The molecule has 0 aromatic heterocycles. The average molecular weight is 431 g/mol. The molecule has 0 aromatic rings. The van der Waals surface area contributed by atoms with Gasteiger partial charge in [0.05, 0.1) is 17.8 Å². The molecule has 3 heteroatoms. The number of aliphatic hydroxyl groups is 3. The van der Waals surface area contributed by atoms with Gasteiger partial charge in [-0.15, -0.1) is 0 Å². The van der Waals surface area contributed by atoms with Crippen molar-refractivity contribution >= 4 is 0 Å². The Morgan fingerprint density at radius 3 is 2.65 bits per heavy atom. The van der Waals surface area contributed by atoms with Gasteiger partial charge in [-0.1, -0.05) is 57.4 Å². The highest BCUT2D eigenvalue weighted by Crippen LogP contribution is 2.60. The van der Waals surface area contributed by atoms with Crippen LogP contribution in [0.5, 0.6) is 0 Å². The van der Waals surface area contributed by atoms with E-state index in [1.807, 2.05) is 13.8 Å². The molecule has 3 rings (SSSR count). The van der Waals surface area contributed by atoms with Crippen molar-refractivity contribution in [1.82, 2.24) is 0 Å². The summed E-state index contributed by atoms with van der Waals surface area (Å²) in [6.45, 7) is 12.9. The van der Waals surface area contributed by atoms with E-state index < -0.39 is 17.8 Å². The van der Waals surface area contributed by atoms with E-state index >= 15 is 0 Å². The molecule has 0 aliphatic heterocycles.